The van der Waals surface area contributed by atoms with Crippen LogP contribution in [0.5, 0.6) is 5.75 Å². The minimum atomic E-state index is -2.95. The fourth-order valence-corrected chi connectivity index (χ4v) is 5.34. The molecule has 1 N–H and O–H groups in total. The molecule has 7 nitrogen and oxygen atoms in total. The number of aromatic nitrogens is 1. The van der Waals surface area contributed by atoms with E-state index in [9.17, 15) is 13.2 Å². The number of hydrogen-bond acceptors (Lipinski definition) is 6. The first-order chi connectivity index (χ1) is 13.9. The fourth-order valence-electron chi connectivity index (χ4n) is 3.48. The molecule has 0 spiro atoms. The molecule has 1 amide bonds. The topological polar surface area (TPSA) is 98.5 Å². The SMILES string of the molecule is COc1ccc(Cc2nc3ccc(C(=O)NC[C@@H]4CCS(=O)(=O)C4)cc3o2)cc1. The van der Waals surface area contributed by atoms with Crippen LogP contribution in [0.25, 0.3) is 11.1 Å². The maximum Gasteiger partial charge on any atom is 0.251 e. The van der Waals surface area contributed by atoms with E-state index in [-0.39, 0.29) is 23.3 Å². The van der Waals surface area contributed by atoms with E-state index in [0.717, 1.165) is 11.3 Å². The summed E-state index contributed by atoms with van der Waals surface area (Å²) in [5.74, 6) is 1.44. The van der Waals surface area contributed by atoms with Gasteiger partial charge in [0.15, 0.2) is 21.3 Å². The summed E-state index contributed by atoms with van der Waals surface area (Å²) in [6, 6.07) is 12.8. The molecule has 1 aliphatic heterocycles. The number of ether oxygens (including phenoxy) is 1. The number of carbonyl (C=O) groups excluding carboxylic acids is 1. The number of methoxy groups -OCH3 is 1. The summed E-state index contributed by atoms with van der Waals surface area (Å²) in [6.07, 6.45) is 1.13. The van der Waals surface area contributed by atoms with Gasteiger partial charge in [-0.25, -0.2) is 13.4 Å². The van der Waals surface area contributed by atoms with Crippen molar-refractivity contribution in [3.63, 3.8) is 0 Å². The van der Waals surface area contributed by atoms with E-state index in [4.69, 9.17) is 9.15 Å². The Hall–Kier alpha value is -2.87. The van der Waals surface area contributed by atoms with Crippen LogP contribution in [-0.4, -0.2) is 44.5 Å². The second-order valence-corrected chi connectivity index (χ2v) is 9.52. The monoisotopic (exact) mass is 414 g/mol. The van der Waals surface area contributed by atoms with Crippen LogP contribution in [0.4, 0.5) is 0 Å². The van der Waals surface area contributed by atoms with Crippen LogP contribution in [-0.2, 0) is 16.3 Å². The molecule has 1 fully saturated rings. The van der Waals surface area contributed by atoms with E-state index in [1.165, 1.54) is 0 Å². The van der Waals surface area contributed by atoms with Crippen molar-refractivity contribution in [1.29, 1.82) is 0 Å². The number of benzene rings is 2. The summed E-state index contributed by atoms with van der Waals surface area (Å²) in [4.78, 5) is 16.9. The second-order valence-electron chi connectivity index (χ2n) is 7.29. The third kappa shape index (κ3) is 4.59. The molecule has 1 aliphatic rings. The molecule has 1 atom stereocenters. The number of oxazole rings is 1. The number of hydrogen-bond donors (Lipinski definition) is 1. The maximum absolute atomic E-state index is 12.4. The van der Waals surface area contributed by atoms with Crippen LogP contribution in [0.3, 0.4) is 0 Å². The van der Waals surface area contributed by atoms with Crippen LogP contribution in [0.15, 0.2) is 46.9 Å². The molecule has 2 aromatic carbocycles. The van der Waals surface area contributed by atoms with Crippen molar-refractivity contribution in [2.45, 2.75) is 12.8 Å². The van der Waals surface area contributed by atoms with Crippen LogP contribution in [0.2, 0.25) is 0 Å². The highest BCUT2D eigenvalue weighted by atomic mass is 32.2. The zero-order chi connectivity index (χ0) is 20.4. The molecule has 1 aromatic heterocycles. The van der Waals surface area contributed by atoms with Gasteiger partial charge in [-0.2, -0.15) is 0 Å². The summed E-state index contributed by atoms with van der Waals surface area (Å²) in [6.45, 7) is 0.356. The summed E-state index contributed by atoms with van der Waals surface area (Å²) in [5, 5.41) is 2.82. The standard InChI is InChI=1S/C21H22N2O5S/c1-27-17-5-2-14(3-6-17)10-20-23-18-7-4-16(11-19(18)28-20)21(24)22-12-15-8-9-29(25,26)13-15/h2-7,11,15H,8-10,12-13H2,1H3,(H,22,24)/t15-/m0/s1. The largest absolute Gasteiger partial charge is 0.497 e. The average molecular weight is 414 g/mol. The van der Waals surface area contributed by atoms with Gasteiger partial charge >= 0.3 is 0 Å². The van der Waals surface area contributed by atoms with E-state index in [1.54, 1.807) is 25.3 Å². The van der Waals surface area contributed by atoms with E-state index in [0.29, 0.717) is 41.9 Å². The van der Waals surface area contributed by atoms with Gasteiger partial charge in [-0.3, -0.25) is 4.79 Å². The van der Waals surface area contributed by atoms with E-state index < -0.39 is 9.84 Å². The lowest BCUT2D eigenvalue weighted by atomic mass is 10.1. The van der Waals surface area contributed by atoms with Gasteiger partial charge in [-0.1, -0.05) is 12.1 Å². The fraction of sp³-hybridized carbons (Fsp3) is 0.333. The Kier molecular flexibility index (Phi) is 5.27. The molecule has 4 rings (SSSR count). The minimum absolute atomic E-state index is 0.0194. The van der Waals surface area contributed by atoms with Crippen LogP contribution in [0, 0.1) is 5.92 Å². The zero-order valence-electron chi connectivity index (χ0n) is 16.1. The molecular weight excluding hydrogens is 392 g/mol. The normalized spacial score (nSPS) is 18.0. The Morgan fingerprint density at radius 1 is 1.24 bits per heavy atom. The molecule has 2 heterocycles. The molecule has 29 heavy (non-hydrogen) atoms. The molecule has 0 saturated carbocycles. The Morgan fingerprint density at radius 3 is 2.72 bits per heavy atom. The summed E-state index contributed by atoms with van der Waals surface area (Å²) in [7, 11) is -1.32. The van der Waals surface area contributed by atoms with Crippen molar-refractivity contribution in [3.05, 3.63) is 59.5 Å². The number of nitrogens with one attached hydrogen (secondary N) is 1. The van der Waals surface area contributed by atoms with Crippen LogP contribution < -0.4 is 10.1 Å². The first-order valence-electron chi connectivity index (χ1n) is 9.43. The third-order valence-corrected chi connectivity index (χ3v) is 6.92. The maximum atomic E-state index is 12.4. The number of rotatable bonds is 6. The van der Waals surface area contributed by atoms with E-state index >= 15 is 0 Å². The smallest absolute Gasteiger partial charge is 0.251 e. The molecule has 8 heteroatoms. The second kappa shape index (κ2) is 7.87. The first kappa shape index (κ1) is 19.4. The van der Waals surface area contributed by atoms with Gasteiger partial charge in [0.1, 0.15) is 11.3 Å². The van der Waals surface area contributed by atoms with Gasteiger partial charge in [0.25, 0.3) is 5.91 Å². The molecule has 3 aromatic rings. The zero-order valence-corrected chi connectivity index (χ0v) is 16.9. The average Bonchev–Trinajstić information content (AvgIpc) is 3.27. The van der Waals surface area contributed by atoms with Crippen molar-refractivity contribution >= 4 is 26.8 Å². The van der Waals surface area contributed by atoms with Gasteiger partial charge in [0, 0.05) is 18.5 Å². The molecule has 0 bridgehead atoms. The van der Waals surface area contributed by atoms with Gasteiger partial charge in [-0.15, -0.1) is 0 Å². The van der Waals surface area contributed by atoms with Crippen molar-refractivity contribution < 1.29 is 22.4 Å². The highest BCUT2D eigenvalue weighted by molar-refractivity contribution is 7.91. The predicted octanol–water partition coefficient (Wildman–Crippen LogP) is 2.59. The Bertz CT molecular complexity index is 1140. The molecule has 1 saturated heterocycles. The number of nitrogens with zero attached hydrogens (tertiary/aromatic N) is 1. The lowest BCUT2D eigenvalue weighted by Gasteiger charge is -2.09. The Labute approximate surface area is 169 Å². The molecule has 0 aliphatic carbocycles. The number of fused-ring (bicyclic) bond motifs is 1. The van der Waals surface area contributed by atoms with Crippen molar-refractivity contribution in [2.75, 3.05) is 25.2 Å². The van der Waals surface area contributed by atoms with Gasteiger partial charge < -0.3 is 14.5 Å². The first-order valence-corrected chi connectivity index (χ1v) is 11.2. The molecule has 0 radical (unpaired) electrons. The van der Waals surface area contributed by atoms with Crippen LogP contribution >= 0.6 is 0 Å². The summed E-state index contributed by atoms with van der Waals surface area (Å²) in [5.41, 5.74) is 2.74. The Morgan fingerprint density at radius 2 is 2.03 bits per heavy atom. The molecular formula is C21H22N2O5S. The van der Waals surface area contributed by atoms with Gasteiger partial charge in [0.05, 0.1) is 18.6 Å². The van der Waals surface area contributed by atoms with E-state index in [1.807, 2.05) is 24.3 Å². The van der Waals surface area contributed by atoms with Gasteiger partial charge in [0.2, 0.25) is 0 Å². The predicted molar refractivity (Wildman–Crippen MR) is 109 cm³/mol. The number of amides is 1. The summed E-state index contributed by atoms with van der Waals surface area (Å²) < 4.78 is 34.0. The quantitative estimate of drug-likeness (QED) is 0.666. The van der Waals surface area contributed by atoms with Crippen molar-refractivity contribution in [1.82, 2.24) is 10.3 Å². The van der Waals surface area contributed by atoms with Gasteiger partial charge in [-0.05, 0) is 48.2 Å². The molecule has 0 unspecified atom stereocenters. The lowest BCUT2D eigenvalue weighted by molar-refractivity contribution is 0.0948. The highest BCUT2D eigenvalue weighted by Gasteiger charge is 2.28. The Balaban J connectivity index is 1.42. The van der Waals surface area contributed by atoms with Crippen molar-refractivity contribution in [2.24, 2.45) is 5.92 Å². The number of sulfone groups is 1. The van der Waals surface area contributed by atoms with E-state index in [2.05, 4.69) is 10.3 Å². The number of carbonyl (C=O) groups is 1. The van der Waals surface area contributed by atoms with Crippen LogP contribution in [0.1, 0.15) is 28.2 Å². The highest BCUT2D eigenvalue weighted by Crippen LogP contribution is 2.21. The molecule has 152 valence electrons. The third-order valence-electron chi connectivity index (χ3n) is 5.09. The minimum Gasteiger partial charge on any atom is -0.497 e. The lowest BCUT2D eigenvalue weighted by Crippen LogP contribution is -2.29. The van der Waals surface area contributed by atoms with Crippen molar-refractivity contribution in [3.8, 4) is 5.75 Å². The summed E-state index contributed by atoms with van der Waals surface area (Å²) >= 11 is 0.